The van der Waals surface area contributed by atoms with E-state index >= 15 is 0 Å². The van der Waals surface area contributed by atoms with Crippen molar-refractivity contribution in [2.45, 2.75) is 58.0 Å². The van der Waals surface area contributed by atoms with Crippen LogP contribution in [0.3, 0.4) is 0 Å². The Morgan fingerprint density at radius 2 is 2.03 bits per heavy atom. The highest BCUT2D eigenvalue weighted by atomic mass is 16.5. The quantitative estimate of drug-likeness (QED) is 0.426. The van der Waals surface area contributed by atoms with Crippen LogP contribution in [0.2, 0.25) is 0 Å². The Morgan fingerprint density at radius 3 is 2.73 bits per heavy atom. The fourth-order valence-electron chi connectivity index (χ4n) is 4.86. The molecule has 1 fully saturated rings. The topological polar surface area (TPSA) is 86.3 Å². The normalized spacial score (nSPS) is 18.8. The molecule has 4 aromatic heterocycles. The molecule has 0 radical (unpaired) electrons. The molecular weight excluding hydrogens is 416 g/mol. The van der Waals surface area contributed by atoms with Gasteiger partial charge in [0.15, 0.2) is 5.82 Å². The summed E-state index contributed by atoms with van der Waals surface area (Å²) in [6, 6.07) is 6.71. The first-order valence-corrected chi connectivity index (χ1v) is 11.7. The number of aromatic nitrogens is 5. The lowest BCUT2D eigenvalue weighted by Gasteiger charge is -2.28. The lowest BCUT2D eigenvalue weighted by atomic mass is 9.84. The molecule has 0 amide bonds. The number of ether oxygens (including phenoxy) is 1. The summed E-state index contributed by atoms with van der Waals surface area (Å²) in [7, 11) is 1.46. The number of nitrogens with zero attached hydrogens (tertiary/aromatic N) is 5. The molecule has 4 aromatic rings. The van der Waals surface area contributed by atoms with Crippen LogP contribution in [0.25, 0.3) is 27.5 Å². The van der Waals surface area contributed by atoms with Crippen molar-refractivity contribution in [2.24, 2.45) is 5.92 Å². The van der Waals surface area contributed by atoms with E-state index in [1.165, 1.54) is 7.11 Å². The number of nitrogens with one attached hydrogen (secondary N) is 1. The number of hydrogen-bond acceptors (Lipinski definition) is 6. The second-order valence-corrected chi connectivity index (χ2v) is 9.24. The SMILES string of the molecule is COC(=O)CC1CCC(Nc2nn(C(C)C)c3c2cnn2cc(-c4cccnc4)cc32)CC1. The molecule has 33 heavy (non-hydrogen) atoms. The summed E-state index contributed by atoms with van der Waals surface area (Å²) in [6.07, 6.45) is 12.2. The van der Waals surface area contributed by atoms with E-state index in [9.17, 15) is 4.79 Å². The molecule has 172 valence electrons. The van der Waals surface area contributed by atoms with E-state index in [1.807, 2.05) is 29.2 Å². The van der Waals surface area contributed by atoms with Crippen molar-refractivity contribution in [1.29, 1.82) is 0 Å². The molecule has 8 heteroatoms. The zero-order valence-electron chi connectivity index (χ0n) is 19.4. The molecule has 1 aliphatic rings. The van der Waals surface area contributed by atoms with Gasteiger partial charge >= 0.3 is 5.97 Å². The molecule has 1 aliphatic carbocycles. The molecule has 0 saturated heterocycles. The largest absolute Gasteiger partial charge is 0.469 e. The van der Waals surface area contributed by atoms with Crippen molar-refractivity contribution in [2.75, 3.05) is 12.4 Å². The van der Waals surface area contributed by atoms with Gasteiger partial charge in [0.25, 0.3) is 0 Å². The number of pyridine rings is 1. The first kappa shape index (κ1) is 21.4. The van der Waals surface area contributed by atoms with Crippen molar-refractivity contribution in [1.82, 2.24) is 24.4 Å². The Kier molecular flexibility index (Phi) is 5.74. The Labute approximate surface area is 193 Å². The van der Waals surface area contributed by atoms with Crippen LogP contribution in [-0.2, 0) is 9.53 Å². The Balaban J connectivity index is 1.45. The highest BCUT2D eigenvalue weighted by Crippen LogP contribution is 2.34. The molecule has 0 spiro atoms. The molecule has 5 rings (SSSR count). The number of carbonyl (C=O) groups excluding carboxylic acids is 1. The van der Waals surface area contributed by atoms with Crippen molar-refractivity contribution in [3.63, 3.8) is 0 Å². The monoisotopic (exact) mass is 446 g/mol. The Morgan fingerprint density at radius 1 is 1.21 bits per heavy atom. The molecule has 0 aliphatic heterocycles. The zero-order valence-corrected chi connectivity index (χ0v) is 19.4. The fraction of sp³-hybridized carbons (Fsp3) is 0.440. The minimum absolute atomic E-state index is 0.110. The maximum absolute atomic E-state index is 11.6. The molecule has 1 N–H and O–H groups in total. The maximum atomic E-state index is 11.6. The van der Waals surface area contributed by atoms with E-state index < -0.39 is 0 Å². The van der Waals surface area contributed by atoms with Crippen molar-refractivity contribution in [3.05, 3.63) is 43.0 Å². The van der Waals surface area contributed by atoms with Gasteiger partial charge in [-0.2, -0.15) is 10.2 Å². The van der Waals surface area contributed by atoms with Crippen LogP contribution < -0.4 is 5.32 Å². The van der Waals surface area contributed by atoms with Crippen LogP contribution in [0.1, 0.15) is 52.0 Å². The molecule has 1 saturated carbocycles. The number of rotatable bonds is 6. The van der Waals surface area contributed by atoms with Crippen LogP contribution in [0.5, 0.6) is 0 Å². The third-order valence-corrected chi connectivity index (χ3v) is 6.66. The molecular formula is C25H30N6O2. The fourth-order valence-corrected chi connectivity index (χ4v) is 4.86. The number of anilines is 1. The zero-order chi connectivity index (χ0) is 22.9. The van der Waals surface area contributed by atoms with Gasteiger partial charge in [0, 0.05) is 48.2 Å². The van der Waals surface area contributed by atoms with Crippen LogP contribution in [0, 0.1) is 5.92 Å². The van der Waals surface area contributed by atoms with Crippen LogP contribution >= 0.6 is 0 Å². The lowest BCUT2D eigenvalue weighted by Crippen LogP contribution is -2.27. The summed E-state index contributed by atoms with van der Waals surface area (Å²) in [5.41, 5.74) is 4.26. The van der Waals surface area contributed by atoms with Gasteiger partial charge in [0.2, 0.25) is 0 Å². The second kappa shape index (κ2) is 8.84. The molecule has 0 unspecified atom stereocenters. The lowest BCUT2D eigenvalue weighted by molar-refractivity contribution is -0.142. The summed E-state index contributed by atoms with van der Waals surface area (Å²) in [4.78, 5) is 15.9. The van der Waals surface area contributed by atoms with Gasteiger partial charge in [-0.1, -0.05) is 6.07 Å². The predicted octanol–water partition coefficient (Wildman–Crippen LogP) is 4.86. The standard InChI is InChI=1S/C25H30N6O2/c1-16(2)31-24-21(14-27-30-15-19(12-22(24)30)18-5-4-10-26-13-18)25(29-31)28-20-8-6-17(7-9-20)11-23(32)33-3/h4-5,10,12-17,20H,6-9,11H2,1-3H3,(H,28,29). The third-order valence-electron chi connectivity index (χ3n) is 6.66. The van der Waals surface area contributed by atoms with Gasteiger partial charge in [0.1, 0.15) is 0 Å². The highest BCUT2D eigenvalue weighted by molar-refractivity contribution is 6.00. The van der Waals surface area contributed by atoms with E-state index in [2.05, 4.69) is 46.1 Å². The summed E-state index contributed by atoms with van der Waals surface area (Å²) in [5, 5.41) is 14.4. The van der Waals surface area contributed by atoms with E-state index in [0.717, 1.165) is 59.0 Å². The summed E-state index contributed by atoms with van der Waals surface area (Å²) >= 11 is 0. The highest BCUT2D eigenvalue weighted by Gasteiger charge is 2.25. The van der Waals surface area contributed by atoms with Crippen molar-refractivity contribution in [3.8, 4) is 11.1 Å². The smallest absolute Gasteiger partial charge is 0.305 e. The summed E-state index contributed by atoms with van der Waals surface area (Å²) in [6.45, 7) is 4.30. The third kappa shape index (κ3) is 4.17. The predicted molar refractivity (Wildman–Crippen MR) is 128 cm³/mol. The molecule has 0 atom stereocenters. The van der Waals surface area contributed by atoms with Crippen molar-refractivity contribution >= 4 is 28.2 Å². The second-order valence-electron chi connectivity index (χ2n) is 9.24. The first-order chi connectivity index (χ1) is 16.0. The maximum Gasteiger partial charge on any atom is 0.305 e. The Bertz CT molecular complexity index is 1270. The first-order valence-electron chi connectivity index (χ1n) is 11.7. The minimum Gasteiger partial charge on any atom is -0.469 e. The average molecular weight is 447 g/mol. The number of methoxy groups -OCH3 is 1. The number of esters is 1. The number of hydrogen-bond donors (Lipinski definition) is 1. The van der Waals surface area contributed by atoms with Gasteiger partial charge in [0.05, 0.1) is 29.7 Å². The van der Waals surface area contributed by atoms with E-state index in [0.29, 0.717) is 18.4 Å². The van der Waals surface area contributed by atoms with E-state index in [-0.39, 0.29) is 12.0 Å². The van der Waals surface area contributed by atoms with Crippen molar-refractivity contribution < 1.29 is 9.53 Å². The van der Waals surface area contributed by atoms with Gasteiger partial charge in [-0.15, -0.1) is 0 Å². The van der Waals surface area contributed by atoms with E-state index in [1.54, 1.807) is 6.20 Å². The van der Waals surface area contributed by atoms with Crippen LogP contribution in [0.15, 0.2) is 43.0 Å². The van der Waals surface area contributed by atoms with Gasteiger partial charge in [-0.25, -0.2) is 4.52 Å². The summed E-state index contributed by atoms with van der Waals surface area (Å²) < 4.78 is 8.85. The van der Waals surface area contributed by atoms with Crippen LogP contribution in [0.4, 0.5) is 5.82 Å². The van der Waals surface area contributed by atoms with Gasteiger partial charge < -0.3 is 10.1 Å². The van der Waals surface area contributed by atoms with E-state index in [4.69, 9.17) is 9.84 Å². The van der Waals surface area contributed by atoms with Gasteiger partial charge in [-0.3, -0.25) is 14.5 Å². The summed E-state index contributed by atoms with van der Waals surface area (Å²) in [5.74, 6) is 1.18. The van der Waals surface area contributed by atoms with Gasteiger partial charge in [-0.05, 0) is 57.6 Å². The minimum atomic E-state index is -0.110. The average Bonchev–Trinajstić information content (AvgIpc) is 3.42. The number of carbonyl (C=O) groups is 1. The number of fused-ring (bicyclic) bond motifs is 3. The molecule has 4 heterocycles. The molecule has 0 aromatic carbocycles. The molecule has 0 bridgehead atoms. The Hall–Kier alpha value is -3.42. The molecule has 8 nitrogen and oxygen atoms in total. The van der Waals surface area contributed by atoms with Crippen LogP contribution in [-0.4, -0.2) is 43.5 Å².